The summed E-state index contributed by atoms with van der Waals surface area (Å²) in [6.45, 7) is 4.98. The van der Waals surface area contributed by atoms with Gasteiger partial charge in [0.1, 0.15) is 5.75 Å². The molecule has 0 unspecified atom stereocenters. The van der Waals surface area contributed by atoms with Gasteiger partial charge in [-0.25, -0.2) is 14.8 Å². The molecule has 3 N–H and O–H groups in total. The van der Waals surface area contributed by atoms with Gasteiger partial charge in [0.2, 0.25) is 5.95 Å². The number of carbonyl (C=O) groups is 1. The molecule has 9 nitrogen and oxygen atoms in total. The van der Waals surface area contributed by atoms with E-state index in [1.165, 1.54) is 0 Å². The first-order chi connectivity index (χ1) is 15.9. The molecule has 0 spiro atoms. The molecule has 0 radical (unpaired) electrons. The van der Waals surface area contributed by atoms with E-state index in [1.807, 2.05) is 13.2 Å². The number of aromatic nitrogens is 4. The number of rotatable bonds is 7. The minimum Gasteiger partial charge on any atom is -0.492 e. The fourth-order valence-corrected chi connectivity index (χ4v) is 4.23. The lowest BCUT2D eigenvalue weighted by Gasteiger charge is -2.17. The van der Waals surface area contributed by atoms with E-state index in [0.717, 1.165) is 11.1 Å². The van der Waals surface area contributed by atoms with Gasteiger partial charge < -0.3 is 20.7 Å². The van der Waals surface area contributed by atoms with Crippen molar-refractivity contribution in [3.8, 4) is 17.0 Å². The summed E-state index contributed by atoms with van der Waals surface area (Å²) in [7, 11) is 1.86. The SMILES string of the molecule is C=CCNC(=O)N1Cc2nc(N)nc(-c3c(Cl)cc(Cl)cc3OCCc3cnn(C)c3)c2C1. The molecule has 0 saturated carbocycles. The quantitative estimate of drug-likeness (QED) is 0.492. The van der Waals surface area contributed by atoms with Crippen LogP contribution in [0.5, 0.6) is 5.75 Å². The van der Waals surface area contributed by atoms with Crippen LogP contribution in [0.1, 0.15) is 16.8 Å². The molecule has 4 rings (SSSR count). The second kappa shape index (κ2) is 9.68. The molecular weight excluding hydrogens is 465 g/mol. The van der Waals surface area contributed by atoms with E-state index in [2.05, 4.69) is 27.0 Å². The Bertz CT molecular complexity index is 1210. The highest BCUT2D eigenvalue weighted by Crippen LogP contribution is 2.42. The van der Waals surface area contributed by atoms with E-state index in [0.29, 0.717) is 65.4 Å². The first-order valence-corrected chi connectivity index (χ1v) is 11.0. The summed E-state index contributed by atoms with van der Waals surface area (Å²) in [5.41, 5.74) is 9.56. The number of hydrogen-bond donors (Lipinski definition) is 2. The summed E-state index contributed by atoms with van der Waals surface area (Å²) in [5.74, 6) is 0.565. The first-order valence-electron chi connectivity index (χ1n) is 10.2. The molecular formula is C22H23Cl2N7O2. The predicted octanol–water partition coefficient (Wildman–Crippen LogP) is 3.60. The number of fused-ring (bicyclic) bond motifs is 1. The Morgan fingerprint density at radius 3 is 2.88 bits per heavy atom. The fourth-order valence-electron chi connectivity index (χ4n) is 3.67. The van der Waals surface area contributed by atoms with E-state index < -0.39 is 0 Å². The first kappa shape index (κ1) is 22.9. The predicted molar refractivity (Wildman–Crippen MR) is 127 cm³/mol. The van der Waals surface area contributed by atoms with Gasteiger partial charge in [-0.15, -0.1) is 6.58 Å². The van der Waals surface area contributed by atoms with Crippen LogP contribution in [-0.4, -0.2) is 43.8 Å². The zero-order valence-corrected chi connectivity index (χ0v) is 19.5. The molecule has 172 valence electrons. The Hall–Kier alpha value is -3.30. The Morgan fingerprint density at radius 1 is 1.33 bits per heavy atom. The smallest absolute Gasteiger partial charge is 0.318 e. The number of urea groups is 1. The van der Waals surface area contributed by atoms with Crippen molar-refractivity contribution in [3.63, 3.8) is 0 Å². The number of hydrogen-bond acceptors (Lipinski definition) is 6. The lowest BCUT2D eigenvalue weighted by atomic mass is 10.0. The topological polar surface area (TPSA) is 111 Å². The number of nitrogens with one attached hydrogen (secondary N) is 1. The third-order valence-electron chi connectivity index (χ3n) is 5.15. The van der Waals surface area contributed by atoms with Crippen molar-refractivity contribution in [2.24, 2.45) is 7.05 Å². The molecule has 0 fully saturated rings. The number of amides is 2. The van der Waals surface area contributed by atoms with Crippen molar-refractivity contribution in [1.82, 2.24) is 30.0 Å². The highest BCUT2D eigenvalue weighted by molar-refractivity contribution is 6.37. The summed E-state index contributed by atoms with van der Waals surface area (Å²) in [6.07, 6.45) is 5.99. The molecule has 3 aromatic rings. The summed E-state index contributed by atoms with van der Waals surface area (Å²) >= 11 is 12.9. The number of nitrogens with zero attached hydrogens (tertiary/aromatic N) is 5. The highest BCUT2D eigenvalue weighted by Gasteiger charge is 2.30. The molecule has 3 heterocycles. The second-order valence-corrected chi connectivity index (χ2v) is 8.41. The molecule has 1 aromatic carbocycles. The monoisotopic (exact) mass is 487 g/mol. The minimum atomic E-state index is -0.229. The van der Waals surface area contributed by atoms with Gasteiger partial charge in [0.15, 0.2) is 0 Å². The average molecular weight is 488 g/mol. The Labute approximate surface area is 201 Å². The van der Waals surface area contributed by atoms with E-state index in [9.17, 15) is 4.79 Å². The summed E-state index contributed by atoms with van der Waals surface area (Å²) < 4.78 is 7.82. The minimum absolute atomic E-state index is 0.0874. The zero-order chi connectivity index (χ0) is 23.5. The molecule has 1 aliphatic heterocycles. The number of nitrogen functional groups attached to an aromatic ring is 1. The standard InChI is InChI=1S/C22H23Cl2N7O2/c1-3-5-26-22(32)31-11-15-17(12-31)28-21(25)29-20(15)19-16(24)7-14(23)8-18(19)33-6-4-13-9-27-30(2)10-13/h3,7-10H,1,4-6,11-12H2,2H3,(H,26,32)(H2,25,28,29). The van der Waals surface area contributed by atoms with Crippen LogP contribution in [0.25, 0.3) is 11.3 Å². The number of halogens is 2. The van der Waals surface area contributed by atoms with Crippen molar-refractivity contribution in [2.45, 2.75) is 19.5 Å². The molecule has 0 bridgehead atoms. The highest BCUT2D eigenvalue weighted by atomic mass is 35.5. The van der Waals surface area contributed by atoms with Crippen LogP contribution in [0, 0.1) is 0 Å². The second-order valence-electron chi connectivity index (χ2n) is 7.57. The van der Waals surface area contributed by atoms with E-state index in [1.54, 1.807) is 34.0 Å². The van der Waals surface area contributed by atoms with Gasteiger partial charge in [0, 0.05) is 36.8 Å². The average Bonchev–Trinajstić information content (AvgIpc) is 3.37. The summed E-state index contributed by atoms with van der Waals surface area (Å²) in [5, 5.41) is 7.75. The maximum absolute atomic E-state index is 12.5. The fraction of sp³-hybridized carbons (Fsp3) is 0.273. The number of nitrogens with two attached hydrogens (primary N) is 1. The van der Waals surface area contributed by atoms with Crippen LogP contribution in [-0.2, 0) is 26.6 Å². The van der Waals surface area contributed by atoms with Gasteiger partial charge in [-0.2, -0.15) is 5.10 Å². The van der Waals surface area contributed by atoms with Gasteiger partial charge >= 0.3 is 6.03 Å². The molecule has 0 aliphatic carbocycles. The van der Waals surface area contributed by atoms with Crippen molar-refractivity contribution < 1.29 is 9.53 Å². The summed E-state index contributed by atoms with van der Waals surface area (Å²) in [6, 6.07) is 3.09. The molecule has 1 aliphatic rings. The number of aryl methyl sites for hydroxylation is 1. The van der Waals surface area contributed by atoms with Crippen LogP contribution in [0.3, 0.4) is 0 Å². The number of benzene rings is 1. The maximum atomic E-state index is 12.5. The van der Waals surface area contributed by atoms with Crippen LogP contribution < -0.4 is 15.8 Å². The molecule has 2 aromatic heterocycles. The number of anilines is 1. The van der Waals surface area contributed by atoms with E-state index in [-0.39, 0.29) is 12.0 Å². The third-order valence-corrected chi connectivity index (χ3v) is 5.66. The van der Waals surface area contributed by atoms with Crippen molar-refractivity contribution in [2.75, 3.05) is 18.9 Å². The van der Waals surface area contributed by atoms with E-state index in [4.69, 9.17) is 33.7 Å². The maximum Gasteiger partial charge on any atom is 0.318 e. The van der Waals surface area contributed by atoms with Gasteiger partial charge in [-0.1, -0.05) is 29.3 Å². The van der Waals surface area contributed by atoms with Crippen LogP contribution >= 0.6 is 23.2 Å². The van der Waals surface area contributed by atoms with Gasteiger partial charge in [-0.05, 0) is 17.7 Å². The molecule has 2 amide bonds. The van der Waals surface area contributed by atoms with Crippen molar-refractivity contribution >= 4 is 35.2 Å². The van der Waals surface area contributed by atoms with Gasteiger partial charge in [0.05, 0.1) is 47.9 Å². The van der Waals surface area contributed by atoms with Gasteiger partial charge in [0.25, 0.3) is 0 Å². The Balaban J connectivity index is 1.65. The molecule has 33 heavy (non-hydrogen) atoms. The molecule has 0 atom stereocenters. The normalized spacial score (nSPS) is 12.5. The molecule has 11 heteroatoms. The lowest BCUT2D eigenvalue weighted by Crippen LogP contribution is -2.36. The Kier molecular flexibility index (Phi) is 6.71. The van der Waals surface area contributed by atoms with Crippen molar-refractivity contribution in [1.29, 1.82) is 0 Å². The van der Waals surface area contributed by atoms with Crippen LogP contribution in [0.4, 0.5) is 10.7 Å². The van der Waals surface area contributed by atoms with Gasteiger partial charge in [-0.3, -0.25) is 4.68 Å². The van der Waals surface area contributed by atoms with E-state index >= 15 is 0 Å². The largest absolute Gasteiger partial charge is 0.492 e. The van der Waals surface area contributed by atoms with Crippen molar-refractivity contribution in [3.05, 3.63) is 64.0 Å². The third kappa shape index (κ3) is 5.04. The lowest BCUT2D eigenvalue weighted by molar-refractivity contribution is 0.199. The molecule has 0 saturated heterocycles. The van der Waals surface area contributed by atoms with Crippen LogP contribution in [0.15, 0.2) is 37.2 Å². The zero-order valence-electron chi connectivity index (χ0n) is 18.0. The summed E-state index contributed by atoms with van der Waals surface area (Å²) in [4.78, 5) is 22.9. The number of ether oxygens (including phenoxy) is 1. The van der Waals surface area contributed by atoms with Crippen LogP contribution in [0.2, 0.25) is 10.0 Å². The Morgan fingerprint density at radius 2 is 2.15 bits per heavy atom. The number of carbonyl (C=O) groups excluding carboxylic acids is 1.